The van der Waals surface area contributed by atoms with Crippen LogP contribution in [0.4, 0.5) is 13.2 Å². The molecule has 2 aromatic carbocycles. The average Bonchev–Trinajstić information content (AvgIpc) is 2.53. The van der Waals surface area contributed by atoms with Crippen LogP contribution in [0.5, 0.6) is 5.75 Å². The van der Waals surface area contributed by atoms with Crippen molar-refractivity contribution in [2.75, 3.05) is 6.61 Å². The minimum atomic E-state index is -4.89. The second-order valence-corrected chi connectivity index (χ2v) is 11.1. The zero-order valence-electron chi connectivity index (χ0n) is 16.1. The summed E-state index contributed by atoms with van der Waals surface area (Å²) in [7, 11) is -4.46. The number of halogens is 5. The Balaban J connectivity index is 2.38. The zero-order chi connectivity index (χ0) is 22.2. The van der Waals surface area contributed by atoms with Gasteiger partial charge in [-0.05, 0) is 85.2 Å². The van der Waals surface area contributed by atoms with Crippen LogP contribution in [0.3, 0.4) is 0 Å². The van der Waals surface area contributed by atoms with E-state index in [2.05, 4.69) is 15.9 Å². The summed E-state index contributed by atoms with van der Waals surface area (Å²) < 4.78 is 72.4. The van der Waals surface area contributed by atoms with Gasteiger partial charge in [0.15, 0.2) is 0 Å². The Kier molecular flexibility index (Phi) is 7.34. The molecule has 0 radical (unpaired) electrons. The van der Waals surface area contributed by atoms with Gasteiger partial charge in [-0.3, -0.25) is 0 Å². The Morgan fingerprint density at radius 3 is 2.07 bits per heavy atom. The van der Waals surface area contributed by atoms with Crippen molar-refractivity contribution in [2.24, 2.45) is 0 Å². The molecule has 0 aliphatic heterocycles. The first-order valence-electron chi connectivity index (χ1n) is 8.43. The molecular formula is C19H20BrF3INO3S. The molecule has 0 spiro atoms. The first kappa shape index (κ1) is 24.4. The normalized spacial score (nSPS) is 14.5. The number of nitrogens with one attached hydrogen (secondary N) is 1. The van der Waals surface area contributed by atoms with Gasteiger partial charge in [-0.1, -0.05) is 33.6 Å². The van der Waals surface area contributed by atoms with E-state index in [0.29, 0.717) is 11.1 Å². The number of sulfonamides is 1. The van der Waals surface area contributed by atoms with Crippen LogP contribution in [0.2, 0.25) is 0 Å². The van der Waals surface area contributed by atoms with Crippen molar-refractivity contribution in [2.45, 2.75) is 42.3 Å². The molecular weight excluding hydrogens is 586 g/mol. The molecule has 160 valence electrons. The second-order valence-electron chi connectivity index (χ2n) is 6.83. The molecule has 0 aliphatic rings. The third-order valence-corrected chi connectivity index (χ3v) is 8.43. The lowest BCUT2D eigenvalue weighted by molar-refractivity contribution is -0.163. The second kappa shape index (κ2) is 8.72. The summed E-state index contributed by atoms with van der Waals surface area (Å²) in [6.45, 7) is 5.73. The predicted molar refractivity (Wildman–Crippen MR) is 118 cm³/mol. The summed E-state index contributed by atoms with van der Waals surface area (Å²) in [5.74, 6) is 0.206. The maximum atomic E-state index is 13.8. The number of ether oxygens (including phenoxy) is 1. The van der Waals surface area contributed by atoms with Crippen molar-refractivity contribution in [3.8, 4) is 5.75 Å². The van der Waals surface area contributed by atoms with Gasteiger partial charge >= 0.3 is 6.18 Å². The fourth-order valence-corrected chi connectivity index (χ4v) is 5.85. The van der Waals surface area contributed by atoms with Gasteiger partial charge < -0.3 is 4.74 Å². The predicted octanol–water partition coefficient (Wildman–Crippen LogP) is 5.73. The topological polar surface area (TPSA) is 55.4 Å². The van der Waals surface area contributed by atoms with E-state index in [-0.39, 0.29) is 10.6 Å². The Labute approximate surface area is 190 Å². The third kappa shape index (κ3) is 5.65. The van der Waals surface area contributed by atoms with Crippen molar-refractivity contribution in [1.82, 2.24) is 4.72 Å². The maximum Gasteiger partial charge on any atom is 0.420 e. The lowest BCUT2D eigenvalue weighted by Gasteiger charge is -2.31. The Bertz CT molecular complexity index is 1000. The summed E-state index contributed by atoms with van der Waals surface area (Å²) in [4.78, 5) is -0.159. The molecule has 1 atom stereocenters. The highest BCUT2D eigenvalue weighted by molar-refractivity contribution is 14.1. The molecule has 29 heavy (non-hydrogen) atoms. The fourth-order valence-electron chi connectivity index (χ4n) is 2.91. The molecule has 0 aliphatic carbocycles. The summed E-state index contributed by atoms with van der Waals surface area (Å²) in [6.07, 6.45) is -4.89. The molecule has 0 saturated carbocycles. The molecule has 0 bridgehead atoms. The van der Waals surface area contributed by atoms with Crippen molar-refractivity contribution >= 4 is 48.5 Å². The molecule has 0 aromatic heterocycles. The molecule has 0 heterocycles. The summed E-state index contributed by atoms with van der Waals surface area (Å²) in [6, 6.07) is 7.96. The van der Waals surface area contributed by atoms with Crippen molar-refractivity contribution in [1.29, 1.82) is 0 Å². The average molecular weight is 606 g/mol. The molecule has 2 aromatic rings. The van der Waals surface area contributed by atoms with Crippen LogP contribution in [0.1, 0.15) is 22.3 Å². The quantitative estimate of drug-likeness (QED) is 0.260. The summed E-state index contributed by atoms with van der Waals surface area (Å²) >= 11 is 4.36. The molecule has 2 rings (SSSR count). The Hall–Kier alpha value is -0.850. The third-order valence-electron chi connectivity index (χ3n) is 4.19. The smallest absolute Gasteiger partial charge is 0.420 e. The maximum absolute atomic E-state index is 13.8. The van der Waals surface area contributed by atoms with Gasteiger partial charge in [-0.25, -0.2) is 8.42 Å². The molecule has 0 fully saturated rings. The highest BCUT2D eigenvalue weighted by Crippen LogP contribution is 2.39. The van der Waals surface area contributed by atoms with Gasteiger partial charge in [-0.2, -0.15) is 17.9 Å². The molecule has 0 amide bonds. The molecule has 0 saturated heterocycles. The number of benzene rings is 2. The number of rotatable bonds is 6. The van der Waals surface area contributed by atoms with Crippen LogP contribution in [0.15, 0.2) is 39.7 Å². The first-order valence-corrected chi connectivity index (χ1v) is 11.8. The van der Waals surface area contributed by atoms with E-state index < -0.39 is 26.4 Å². The van der Waals surface area contributed by atoms with Crippen LogP contribution < -0.4 is 9.46 Å². The van der Waals surface area contributed by atoms with Crippen molar-refractivity contribution in [3.63, 3.8) is 0 Å². The van der Waals surface area contributed by atoms with Crippen molar-refractivity contribution < 1.29 is 26.3 Å². The number of hydrogen-bond acceptors (Lipinski definition) is 3. The SMILES string of the molecule is Cc1cc(C)c(S(=O)(=O)NC(I)(COc2ccc(Br)c(C)c2)C(F)(F)F)c(C)c1. The van der Waals surface area contributed by atoms with E-state index >= 15 is 0 Å². The van der Waals surface area contributed by atoms with E-state index in [0.717, 1.165) is 38.2 Å². The van der Waals surface area contributed by atoms with E-state index in [9.17, 15) is 21.6 Å². The standard InChI is InChI=1S/C19H20BrF3INO3S/c1-11-7-13(3)17(14(4)8-11)29(26,27)25-18(24,19(21,22)23)10-28-15-5-6-16(20)12(2)9-15/h5-9,25H,10H2,1-4H3. The Morgan fingerprint density at radius 1 is 1.03 bits per heavy atom. The van der Waals surface area contributed by atoms with E-state index in [1.807, 2.05) is 4.72 Å². The van der Waals surface area contributed by atoms with Gasteiger partial charge in [0.2, 0.25) is 13.6 Å². The Morgan fingerprint density at radius 2 is 1.59 bits per heavy atom. The monoisotopic (exact) mass is 605 g/mol. The van der Waals surface area contributed by atoms with Gasteiger partial charge in [0, 0.05) is 4.47 Å². The summed E-state index contributed by atoms with van der Waals surface area (Å²) in [5, 5.41) is 0. The highest BCUT2D eigenvalue weighted by Gasteiger charge is 2.56. The minimum Gasteiger partial charge on any atom is -0.490 e. The number of alkyl halides is 4. The van der Waals surface area contributed by atoms with E-state index in [4.69, 9.17) is 4.74 Å². The largest absolute Gasteiger partial charge is 0.490 e. The van der Waals surface area contributed by atoms with Gasteiger partial charge in [0.1, 0.15) is 12.4 Å². The van der Waals surface area contributed by atoms with Gasteiger partial charge in [0.05, 0.1) is 4.90 Å². The minimum absolute atomic E-state index is 0.159. The van der Waals surface area contributed by atoms with Gasteiger partial charge in [0.25, 0.3) is 0 Å². The molecule has 10 heteroatoms. The van der Waals surface area contributed by atoms with Crippen LogP contribution in [0, 0.1) is 27.7 Å². The summed E-state index contributed by atoms with van der Waals surface area (Å²) in [5.41, 5.74) is 2.35. The van der Waals surface area contributed by atoms with Crippen LogP contribution in [-0.4, -0.2) is 24.7 Å². The van der Waals surface area contributed by atoms with Crippen LogP contribution in [-0.2, 0) is 10.0 Å². The first-order chi connectivity index (χ1) is 13.2. The lowest BCUT2D eigenvalue weighted by atomic mass is 10.1. The van der Waals surface area contributed by atoms with Crippen molar-refractivity contribution in [3.05, 3.63) is 57.1 Å². The molecule has 4 nitrogen and oxygen atoms in total. The fraction of sp³-hybridized carbons (Fsp3) is 0.368. The highest BCUT2D eigenvalue weighted by atomic mass is 127. The van der Waals surface area contributed by atoms with Gasteiger partial charge in [-0.15, -0.1) is 0 Å². The number of hydrogen-bond donors (Lipinski definition) is 1. The lowest BCUT2D eigenvalue weighted by Crippen LogP contribution is -2.57. The van der Waals surface area contributed by atoms with E-state index in [1.54, 1.807) is 52.0 Å². The molecule has 1 N–H and O–H groups in total. The molecule has 1 unspecified atom stereocenters. The number of aryl methyl sites for hydroxylation is 4. The van der Waals surface area contributed by atoms with Crippen LogP contribution >= 0.6 is 38.5 Å². The van der Waals surface area contributed by atoms with E-state index in [1.165, 1.54) is 6.07 Å². The zero-order valence-corrected chi connectivity index (χ0v) is 20.7. The van der Waals surface area contributed by atoms with Crippen LogP contribution in [0.25, 0.3) is 0 Å².